The molecule has 0 amide bonds. The second kappa shape index (κ2) is 8.95. The highest BCUT2D eigenvalue weighted by molar-refractivity contribution is 7.98. The van der Waals surface area contributed by atoms with Crippen LogP contribution in [0.25, 0.3) is 11.3 Å². The van der Waals surface area contributed by atoms with Crippen molar-refractivity contribution in [1.29, 1.82) is 0 Å². The third-order valence-electron chi connectivity index (χ3n) is 4.80. The van der Waals surface area contributed by atoms with Gasteiger partial charge in [-0.05, 0) is 42.7 Å². The standard InChI is InChI=1S/C22H20F3NO3S/c1-13(11-20(27)28)15-5-9-18(10-6-15)30-12-19-14(2)21(29-26-19)16-3-7-17(8-4-16)22(23,24)25/h3-10,13H,11-12H2,1-2H3,(H,27,28). The minimum absolute atomic E-state index is 0.0642. The van der Waals surface area contributed by atoms with E-state index < -0.39 is 17.7 Å². The smallest absolute Gasteiger partial charge is 0.416 e. The van der Waals surface area contributed by atoms with Crippen LogP contribution < -0.4 is 0 Å². The van der Waals surface area contributed by atoms with Gasteiger partial charge in [0, 0.05) is 21.8 Å². The van der Waals surface area contributed by atoms with Crippen LogP contribution in [0.4, 0.5) is 13.2 Å². The van der Waals surface area contributed by atoms with Crippen molar-refractivity contribution in [2.45, 2.75) is 43.0 Å². The number of aliphatic carboxylic acids is 1. The van der Waals surface area contributed by atoms with Gasteiger partial charge in [-0.3, -0.25) is 4.79 Å². The van der Waals surface area contributed by atoms with Crippen molar-refractivity contribution in [3.8, 4) is 11.3 Å². The van der Waals surface area contributed by atoms with E-state index in [1.54, 1.807) is 11.8 Å². The van der Waals surface area contributed by atoms with Gasteiger partial charge in [0.1, 0.15) is 0 Å². The highest BCUT2D eigenvalue weighted by Gasteiger charge is 2.30. The van der Waals surface area contributed by atoms with Crippen LogP contribution in [0.5, 0.6) is 0 Å². The molecule has 1 unspecified atom stereocenters. The summed E-state index contributed by atoms with van der Waals surface area (Å²) in [4.78, 5) is 11.8. The van der Waals surface area contributed by atoms with Crippen LogP contribution in [-0.4, -0.2) is 16.2 Å². The summed E-state index contributed by atoms with van der Waals surface area (Å²) < 4.78 is 43.6. The molecule has 0 spiro atoms. The fraction of sp³-hybridized carbons (Fsp3) is 0.273. The summed E-state index contributed by atoms with van der Waals surface area (Å²) in [6, 6.07) is 12.5. The Hall–Kier alpha value is -2.74. The van der Waals surface area contributed by atoms with E-state index >= 15 is 0 Å². The van der Waals surface area contributed by atoms with Gasteiger partial charge in [-0.25, -0.2) is 0 Å². The van der Waals surface area contributed by atoms with Crippen molar-refractivity contribution >= 4 is 17.7 Å². The average Bonchev–Trinajstić information content (AvgIpc) is 3.06. The van der Waals surface area contributed by atoms with Gasteiger partial charge in [-0.1, -0.05) is 36.3 Å². The van der Waals surface area contributed by atoms with E-state index in [0.717, 1.165) is 33.8 Å². The zero-order chi connectivity index (χ0) is 21.9. The van der Waals surface area contributed by atoms with E-state index in [1.165, 1.54) is 12.1 Å². The Kier molecular flexibility index (Phi) is 6.55. The molecule has 3 aromatic rings. The lowest BCUT2D eigenvalue weighted by Crippen LogP contribution is -2.03. The maximum atomic E-state index is 12.7. The molecule has 3 rings (SSSR count). The van der Waals surface area contributed by atoms with E-state index in [9.17, 15) is 18.0 Å². The maximum absolute atomic E-state index is 12.7. The zero-order valence-corrected chi connectivity index (χ0v) is 17.2. The lowest BCUT2D eigenvalue weighted by atomic mass is 9.98. The largest absolute Gasteiger partial charge is 0.481 e. The molecule has 1 aromatic heterocycles. The molecule has 0 fully saturated rings. The summed E-state index contributed by atoms with van der Waals surface area (Å²) in [5.41, 5.74) is 2.30. The van der Waals surface area contributed by atoms with Crippen LogP contribution in [0, 0.1) is 6.92 Å². The van der Waals surface area contributed by atoms with E-state index in [1.807, 2.05) is 38.1 Å². The molecule has 1 atom stereocenters. The van der Waals surface area contributed by atoms with Crippen molar-refractivity contribution < 1.29 is 27.6 Å². The number of alkyl halides is 3. The van der Waals surface area contributed by atoms with Gasteiger partial charge < -0.3 is 9.63 Å². The molecule has 0 bridgehead atoms. The van der Waals surface area contributed by atoms with Crippen LogP contribution in [-0.2, 0) is 16.7 Å². The quantitative estimate of drug-likeness (QED) is 0.427. The number of nitrogens with zero attached hydrogens (tertiary/aromatic N) is 1. The highest BCUT2D eigenvalue weighted by atomic mass is 32.2. The molecule has 0 saturated carbocycles. The van der Waals surface area contributed by atoms with Gasteiger partial charge in [0.15, 0.2) is 5.76 Å². The first-order valence-electron chi connectivity index (χ1n) is 9.22. The summed E-state index contributed by atoms with van der Waals surface area (Å²) in [5.74, 6) is 0.106. The second-order valence-corrected chi connectivity index (χ2v) is 8.06. The Bertz CT molecular complexity index is 1010. The molecule has 0 aliphatic heterocycles. The van der Waals surface area contributed by atoms with E-state index in [4.69, 9.17) is 9.63 Å². The number of carboxylic acid groups (broad SMARTS) is 1. The first-order valence-corrected chi connectivity index (χ1v) is 10.2. The van der Waals surface area contributed by atoms with Gasteiger partial charge >= 0.3 is 12.1 Å². The Labute approximate surface area is 176 Å². The van der Waals surface area contributed by atoms with Crippen molar-refractivity contribution in [2.75, 3.05) is 0 Å². The lowest BCUT2D eigenvalue weighted by molar-refractivity contribution is -0.138. The molecule has 1 heterocycles. The minimum atomic E-state index is -4.38. The first-order chi connectivity index (χ1) is 14.1. The summed E-state index contributed by atoms with van der Waals surface area (Å²) >= 11 is 1.55. The summed E-state index contributed by atoms with van der Waals surface area (Å²) in [6.07, 6.45) is -4.30. The van der Waals surface area contributed by atoms with Gasteiger partial charge in [0.05, 0.1) is 17.7 Å². The Morgan fingerprint density at radius 1 is 1.13 bits per heavy atom. The normalized spacial score (nSPS) is 12.7. The molecule has 0 radical (unpaired) electrons. The monoisotopic (exact) mass is 435 g/mol. The molecule has 4 nitrogen and oxygen atoms in total. The predicted molar refractivity (Wildman–Crippen MR) is 108 cm³/mol. The maximum Gasteiger partial charge on any atom is 0.416 e. The SMILES string of the molecule is Cc1c(CSc2ccc(C(C)CC(=O)O)cc2)noc1-c1ccc(C(F)(F)F)cc1. The lowest BCUT2D eigenvalue weighted by Gasteiger charge is -2.09. The van der Waals surface area contributed by atoms with Crippen molar-refractivity contribution in [1.82, 2.24) is 5.16 Å². The summed E-state index contributed by atoms with van der Waals surface area (Å²) in [5, 5.41) is 13.0. The summed E-state index contributed by atoms with van der Waals surface area (Å²) in [7, 11) is 0. The number of thioether (sulfide) groups is 1. The average molecular weight is 435 g/mol. The van der Waals surface area contributed by atoms with Crippen molar-refractivity contribution in [3.05, 3.63) is 70.9 Å². The Morgan fingerprint density at radius 3 is 2.33 bits per heavy atom. The van der Waals surface area contributed by atoms with Crippen molar-refractivity contribution in [3.63, 3.8) is 0 Å². The number of hydrogen-bond acceptors (Lipinski definition) is 4. The number of carbonyl (C=O) groups is 1. The van der Waals surface area contributed by atoms with Crippen LogP contribution >= 0.6 is 11.8 Å². The van der Waals surface area contributed by atoms with Gasteiger partial charge in [-0.2, -0.15) is 13.2 Å². The molecule has 30 heavy (non-hydrogen) atoms. The zero-order valence-electron chi connectivity index (χ0n) is 16.4. The van der Waals surface area contributed by atoms with E-state index in [-0.39, 0.29) is 12.3 Å². The number of aromatic nitrogens is 1. The van der Waals surface area contributed by atoms with Gasteiger partial charge in [0.2, 0.25) is 0 Å². The van der Waals surface area contributed by atoms with E-state index in [2.05, 4.69) is 5.16 Å². The fourth-order valence-corrected chi connectivity index (χ4v) is 3.91. The number of benzene rings is 2. The molecule has 158 valence electrons. The third kappa shape index (κ3) is 5.24. The number of carboxylic acids is 1. The predicted octanol–water partition coefficient (Wildman–Crippen LogP) is 6.54. The second-order valence-electron chi connectivity index (χ2n) is 7.02. The molecule has 0 aliphatic carbocycles. The number of rotatable bonds is 7. The molecular weight excluding hydrogens is 415 g/mol. The molecule has 8 heteroatoms. The highest BCUT2D eigenvalue weighted by Crippen LogP contribution is 2.34. The number of halogens is 3. The van der Waals surface area contributed by atoms with E-state index in [0.29, 0.717) is 17.1 Å². The van der Waals surface area contributed by atoms with Crippen LogP contribution in [0.3, 0.4) is 0 Å². The fourth-order valence-electron chi connectivity index (χ4n) is 3.01. The Morgan fingerprint density at radius 2 is 1.77 bits per heavy atom. The van der Waals surface area contributed by atoms with Crippen molar-refractivity contribution in [2.24, 2.45) is 0 Å². The number of hydrogen-bond donors (Lipinski definition) is 1. The topological polar surface area (TPSA) is 63.3 Å². The minimum Gasteiger partial charge on any atom is -0.481 e. The third-order valence-corrected chi connectivity index (χ3v) is 5.82. The molecule has 2 aromatic carbocycles. The van der Waals surface area contributed by atoms with Gasteiger partial charge in [-0.15, -0.1) is 11.8 Å². The molecule has 0 aliphatic rings. The first kappa shape index (κ1) is 22.0. The van der Waals surface area contributed by atoms with Gasteiger partial charge in [0.25, 0.3) is 0 Å². The molecule has 0 saturated heterocycles. The van der Waals surface area contributed by atoms with Crippen LogP contribution in [0.1, 0.15) is 41.6 Å². The Balaban J connectivity index is 1.66. The molecular formula is C22H20F3NO3S. The van der Waals surface area contributed by atoms with Crippen LogP contribution in [0.15, 0.2) is 57.9 Å². The summed E-state index contributed by atoms with van der Waals surface area (Å²) in [6.45, 7) is 3.70. The van der Waals surface area contributed by atoms with Crippen LogP contribution in [0.2, 0.25) is 0 Å². The molecule has 1 N–H and O–H groups in total.